The molecule has 0 radical (unpaired) electrons. The fraction of sp³-hybridized carbons (Fsp3) is 0.120. The molecule has 0 aliphatic rings. The minimum Gasteiger partial charge on any atom is -0.326 e. The van der Waals surface area contributed by atoms with E-state index in [2.05, 4.69) is 5.32 Å². The van der Waals surface area contributed by atoms with E-state index in [9.17, 15) is 4.79 Å². The minimum atomic E-state index is -0.175. The second-order valence-corrected chi connectivity index (χ2v) is 8.28. The van der Waals surface area contributed by atoms with E-state index >= 15 is 0 Å². The second-order valence-electron chi connectivity index (χ2n) is 6.99. The largest absolute Gasteiger partial charge is 0.326 e. The van der Waals surface area contributed by atoms with E-state index in [0.29, 0.717) is 5.02 Å². The van der Waals surface area contributed by atoms with Crippen molar-refractivity contribution in [2.24, 2.45) is 0 Å². The summed E-state index contributed by atoms with van der Waals surface area (Å²) in [5, 5.41) is 6.74. The predicted octanol–water partition coefficient (Wildman–Crippen LogP) is 7.26. The second kappa shape index (κ2) is 9.24. The van der Waals surface area contributed by atoms with Crippen LogP contribution in [0.15, 0.2) is 84.2 Å². The van der Waals surface area contributed by atoms with Crippen LogP contribution in [0.2, 0.25) is 5.02 Å². The minimum absolute atomic E-state index is 0.000908. The fourth-order valence-electron chi connectivity index (χ4n) is 3.37. The Labute approximate surface area is 185 Å². The normalized spacial score (nSPS) is 11.8. The van der Waals surface area contributed by atoms with Crippen LogP contribution in [-0.4, -0.2) is 10.9 Å². The van der Waals surface area contributed by atoms with Crippen molar-refractivity contribution in [1.82, 2.24) is 4.98 Å². The molecule has 1 N–H and O–H groups in total. The van der Waals surface area contributed by atoms with Crippen molar-refractivity contribution in [3.05, 3.63) is 94.8 Å². The van der Waals surface area contributed by atoms with Gasteiger partial charge in [0.05, 0.1) is 11.6 Å². The predicted molar refractivity (Wildman–Crippen MR) is 126 cm³/mol. The van der Waals surface area contributed by atoms with E-state index in [0.717, 1.165) is 39.5 Å². The van der Waals surface area contributed by atoms with Gasteiger partial charge in [0.1, 0.15) is 5.01 Å². The lowest BCUT2D eigenvalue weighted by atomic mass is 9.95. The molecular formula is C25H21ClN2OS. The van der Waals surface area contributed by atoms with Gasteiger partial charge in [-0.25, -0.2) is 4.98 Å². The van der Waals surface area contributed by atoms with E-state index in [1.165, 1.54) is 0 Å². The van der Waals surface area contributed by atoms with Crippen LogP contribution in [0, 0.1) is 0 Å². The zero-order chi connectivity index (χ0) is 20.9. The van der Waals surface area contributed by atoms with Crippen LogP contribution in [0.1, 0.15) is 24.8 Å². The summed E-state index contributed by atoms with van der Waals surface area (Å²) in [6.07, 6.45) is 0.742. The summed E-state index contributed by atoms with van der Waals surface area (Å²) in [7, 11) is 0. The molecule has 1 heterocycles. The maximum Gasteiger partial charge on any atom is 0.231 e. The number of rotatable bonds is 6. The van der Waals surface area contributed by atoms with Crippen LogP contribution in [0.5, 0.6) is 0 Å². The van der Waals surface area contributed by atoms with Gasteiger partial charge in [0.2, 0.25) is 5.91 Å². The smallest absolute Gasteiger partial charge is 0.231 e. The molecule has 0 saturated carbocycles. The molecule has 0 saturated heterocycles. The molecule has 0 bridgehead atoms. The maximum absolute atomic E-state index is 12.9. The number of benzene rings is 3. The van der Waals surface area contributed by atoms with Crippen molar-refractivity contribution in [2.45, 2.75) is 19.3 Å². The van der Waals surface area contributed by atoms with Gasteiger partial charge < -0.3 is 5.32 Å². The zero-order valence-electron chi connectivity index (χ0n) is 16.5. The lowest BCUT2D eigenvalue weighted by Crippen LogP contribution is -2.20. The molecule has 1 amide bonds. The summed E-state index contributed by atoms with van der Waals surface area (Å²) in [4.78, 5) is 17.6. The van der Waals surface area contributed by atoms with Gasteiger partial charge in [-0.05, 0) is 36.2 Å². The first-order valence-corrected chi connectivity index (χ1v) is 11.1. The zero-order valence-corrected chi connectivity index (χ0v) is 18.1. The third kappa shape index (κ3) is 4.61. The summed E-state index contributed by atoms with van der Waals surface area (Å²) in [5.41, 5.74) is 4.69. The average molecular weight is 433 g/mol. The molecule has 0 aliphatic heterocycles. The molecule has 150 valence electrons. The third-order valence-electron chi connectivity index (χ3n) is 4.95. The van der Waals surface area contributed by atoms with Crippen LogP contribution in [-0.2, 0) is 4.79 Å². The number of hydrogen-bond donors (Lipinski definition) is 1. The quantitative estimate of drug-likeness (QED) is 0.348. The van der Waals surface area contributed by atoms with Crippen molar-refractivity contribution in [3.63, 3.8) is 0 Å². The Morgan fingerprint density at radius 1 is 1.00 bits per heavy atom. The highest BCUT2D eigenvalue weighted by atomic mass is 35.5. The maximum atomic E-state index is 12.9. The first-order chi connectivity index (χ1) is 14.6. The molecule has 0 fully saturated rings. The Balaban J connectivity index is 1.53. The highest BCUT2D eigenvalue weighted by Gasteiger charge is 2.18. The molecule has 5 heteroatoms. The summed E-state index contributed by atoms with van der Waals surface area (Å²) in [5.74, 6) is -0.174. The topological polar surface area (TPSA) is 42.0 Å². The summed E-state index contributed by atoms with van der Waals surface area (Å²) in [6.45, 7) is 2.03. The molecular weight excluding hydrogens is 412 g/mol. The van der Waals surface area contributed by atoms with Crippen molar-refractivity contribution in [1.29, 1.82) is 0 Å². The molecule has 4 rings (SSSR count). The summed E-state index contributed by atoms with van der Waals surface area (Å²) in [6, 6.07) is 25.4. The number of nitrogens with zero attached hydrogens (tertiary/aromatic N) is 1. The number of anilines is 1. The number of amides is 1. The van der Waals surface area contributed by atoms with E-state index in [-0.39, 0.29) is 11.8 Å². The van der Waals surface area contributed by atoms with Crippen LogP contribution >= 0.6 is 22.9 Å². The Morgan fingerprint density at radius 3 is 2.50 bits per heavy atom. The highest BCUT2D eigenvalue weighted by Crippen LogP contribution is 2.31. The highest BCUT2D eigenvalue weighted by molar-refractivity contribution is 7.13. The van der Waals surface area contributed by atoms with Crippen molar-refractivity contribution >= 4 is 34.5 Å². The molecule has 4 aromatic rings. The monoisotopic (exact) mass is 432 g/mol. The summed E-state index contributed by atoms with van der Waals surface area (Å²) < 4.78 is 0. The van der Waals surface area contributed by atoms with Crippen molar-refractivity contribution in [2.75, 3.05) is 5.32 Å². The Morgan fingerprint density at radius 2 is 1.77 bits per heavy atom. The van der Waals surface area contributed by atoms with Gasteiger partial charge in [-0.1, -0.05) is 73.1 Å². The van der Waals surface area contributed by atoms with Crippen LogP contribution in [0.4, 0.5) is 5.69 Å². The average Bonchev–Trinajstić information content (AvgIpc) is 3.26. The number of nitrogens with one attached hydrogen (secondary N) is 1. The number of aromatic nitrogens is 1. The van der Waals surface area contributed by atoms with E-state index in [4.69, 9.17) is 16.6 Å². The molecule has 1 unspecified atom stereocenters. The van der Waals surface area contributed by atoms with Gasteiger partial charge in [-0.15, -0.1) is 11.3 Å². The molecule has 30 heavy (non-hydrogen) atoms. The van der Waals surface area contributed by atoms with Gasteiger partial charge in [0.25, 0.3) is 0 Å². The Hall–Kier alpha value is -2.95. The van der Waals surface area contributed by atoms with E-state index in [1.807, 2.05) is 91.2 Å². The lowest BCUT2D eigenvalue weighted by molar-refractivity contribution is -0.117. The Bertz CT molecular complexity index is 1140. The summed E-state index contributed by atoms with van der Waals surface area (Å²) >= 11 is 7.57. The number of hydrogen-bond acceptors (Lipinski definition) is 3. The number of thiazole rings is 1. The first-order valence-electron chi connectivity index (χ1n) is 9.81. The molecule has 0 spiro atoms. The molecule has 3 nitrogen and oxygen atoms in total. The SMILES string of the molecule is CCC(C(=O)Nc1cccc(-c2csc(-c3ccc(Cl)cc3)n2)c1)c1ccccc1. The van der Waals surface area contributed by atoms with E-state index < -0.39 is 0 Å². The number of carbonyl (C=O) groups excluding carboxylic acids is 1. The standard InChI is InChI=1S/C25H21ClN2OS/c1-2-22(17-7-4-3-5-8-17)24(29)27-21-10-6-9-19(15-21)23-16-30-25(28-23)18-11-13-20(26)14-12-18/h3-16,22H,2H2,1H3,(H,27,29). The van der Waals surface area contributed by atoms with Crippen molar-refractivity contribution in [3.8, 4) is 21.8 Å². The number of halogens is 1. The third-order valence-corrected chi connectivity index (χ3v) is 6.09. The van der Waals surface area contributed by atoms with Gasteiger partial charge in [0, 0.05) is 27.2 Å². The molecule has 0 aliphatic carbocycles. The van der Waals surface area contributed by atoms with Gasteiger partial charge in [-0.2, -0.15) is 0 Å². The number of carbonyl (C=O) groups is 1. The Kier molecular flexibility index (Phi) is 6.26. The van der Waals surface area contributed by atoms with Gasteiger partial charge >= 0.3 is 0 Å². The van der Waals surface area contributed by atoms with Crippen LogP contribution in [0.3, 0.4) is 0 Å². The van der Waals surface area contributed by atoms with Crippen molar-refractivity contribution < 1.29 is 4.79 Å². The van der Waals surface area contributed by atoms with E-state index in [1.54, 1.807) is 11.3 Å². The fourth-order valence-corrected chi connectivity index (χ4v) is 4.34. The van der Waals surface area contributed by atoms with Gasteiger partial charge in [0.15, 0.2) is 0 Å². The van der Waals surface area contributed by atoms with Crippen LogP contribution in [0.25, 0.3) is 21.8 Å². The van der Waals surface area contributed by atoms with Crippen LogP contribution < -0.4 is 5.32 Å². The lowest BCUT2D eigenvalue weighted by Gasteiger charge is -2.15. The molecule has 3 aromatic carbocycles. The van der Waals surface area contributed by atoms with Gasteiger partial charge in [-0.3, -0.25) is 4.79 Å². The first kappa shape index (κ1) is 20.3. The molecule has 1 atom stereocenters. The molecule has 1 aromatic heterocycles.